The average molecular weight is 470 g/mol. The molecule has 1 amide bonds. The summed E-state index contributed by atoms with van der Waals surface area (Å²) in [5.74, 6) is 2.83. The number of benzene rings is 3. The molecule has 0 unspecified atom stereocenters. The van der Waals surface area contributed by atoms with Gasteiger partial charge in [-0.25, -0.2) is 4.98 Å². The van der Waals surface area contributed by atoms with Crippen molar-refractivity contribution in [3.63, 3.8) is 0 Å². The molecule has 0 saturated carbocycles. The number of ether oxygens (including phenoxy) is 2. The summed E-state index contributed by atoms with van der Waals surface area (Å²) in [6, 6.07) is 22.1. The highest BCUT2D eigenvalue weighted by atomic mass is 16.5. The molecule has 0 radical (unpaired) electrons. The van der Waals surface area contributed by atoms with E-state index >= 15 is 0 Å². The number of para-hydroxylation sites is 2. The molecule has 1 saturated heterocycles. The van der Waals surface area contributed by atoms with Crippen LogP contribution < -0.4 is 14.4 Å². The van der Waals surface area contributed by atoms with Crippen molar-refractivity contribution in [2.24, 2.45) is 0 Å². The van der Waals surface area contributed by atoms with Crippen molar-refractivity contribution in [2.45, 2.75) is 39.2 Å². The van der Waals surface area contributed by atoms with Gasteiger partial charge in [0.1, 0.15) is 17.3 Å². The van der Waals surface area contributed by atoms with Gasteiger partial charge < -0.3 is 18.9 Å². The number of amides is 1. The summed E-state index contributed by atoms with van der Waals surface area (Å²) >= 11 is 0. The van der Waals surface area contributed by atoms with Crippen LogP contribution in [-0.4, -0.2) is 35.7 Å². The fraction of sp³-hybridized carbons (Fsp3) is 0.310. The number of methoxy groups -OCH3 is 1. The lowest BCUT2D eigenvalue weighted by molar-refractivity contribution is -0.117. The number of aryl methyl sites for hydroxylation is 3. The molecule has 180 valence electrons. The van der Waals surface area contributed by atoms with E-state index in [0.29, 0.717) is 19.6 Å². The van der Waals surface area contributed by atoms with E-state index in [4.69, 9.17) is 14.5 Å². The minimum atomic E-state index is 0.0538. The molecule has 0 spiro atoms. The molecule has 1 aliphatic heterocycles. The zero-order valence-corrected chi connectivity index (χ0v) is 20.5. The number of aromatic nitrogens is 2. The second kappa shape index (κ2) is 9.82. The van der Waals surface area contributed by atoms with Crippen LogP contribution in [0, 0.1) is 13.8 Å². The quantitative estimate of drug-likeness (QED) is 0.313. The standard InChI is InChI=1S/C29H31N3O3/c1-20-9-14-26(21(2)17-20)32-19-22(18-28(32)33)29-30-25-7-4-5-8-27(25)31(29)15-6-16-35-24-12-10-23(34-3)11-13-24/h4-5,7-14,17,22H,6,15-16,18-19H2,1-3H3/t22-/m1/s1. The van der Waals surface area contributed by atoms with Gasteiger partial charge in [0, 0.05) is 31.1 Å². The molecule has 3 aromatic carbocycles. The van der Waals surface area contributed by atoms with Gasteiger partial charge in [0.25, 0.3) is 0 Å². The van der Waals surface area contributed by atoms with Crippen LogP contribution in [0.4, 0.5) is 5.69 Å². The maximum atomic E-state index is 13.0. The van der Waals surface area contributed by atoms with Crippen LogP contribution in [-0.2, 0) is 11.3 Å². The lowest BCUT2D eigenvalue weighted by Crippen LogP contribution is -2.25. The molecule has 6 heteroatoms. The number of anilines is 1. The van der Waals surface area contributed by atoms with Gasteiger partial charge in [-0.3, -0.25) is 4.79 Å². The molecule has 0 N–H and O–H groups in total. The summed E-state index contributed by atoms with van der Waals surface area (Å²) in [6.45, 7) is 6.16. The number of rotatable bonds is 8. The summed E-state index contributed by atoms with van der Waals surface area (Å²) < 4.78 is 13.4. The summed E-state index contributed by atoms with van der Waals surface area (Å²) in [5.41, 5.74) is 5.40. The summed E-state index contributed by atoms with van der Waals surface area (Å²) in [5, 5.41) is 0. The predicted octanol–water partition coefficient (Wildman–Crippen LogP) is 5.65. The van der Waals surface area contributed by atoms with Crippen LogP contribution in [0.5, 0.6) is 11.5 Å². The number of hydrogen-bond donors (Lipinski definition) is 0. The smallest absolute Gasteiger partial charge is 0.227 e. The number of hydrogen-bond acceptors (Lipinski definition) is 4. The van der Waals surface area contributed by atoms with E-state index in [9.17, 15) is 4.79 Å². The van der Waals surface area contributed by atoms with Gasteiger partial charge in [-0.05, 0) is 68.3 Å². The van der Waals surface area contributed by atoms with Gasteiger partial charge in [-0.15, -0.1) is 0 Å². The first-order chi connectivity index (χ1) is 17.0. The molecule has 2 heterocycles. The predicted molar refractivity (Wildman–Crippen MR) is 138 cm³/mol. The molecule has 5 rings (SSSR count). The molecule has 6 nitrogen and oxygen atoms in total. The molecular formula is C29H31N3O3. The van der Waals surface area contributed by atoms with E-state index < -0.39 is 0 Å². The Balaban J connectivity index is 1.33. The molecule has 35 heavy (non-hydrogen) atoms. The Labute approximate surface area is 206 Å². The molecule has 1 aromatic heterocycles. The fourth-order valence-electron chi connectivity index (χ4n) is 4.95. The van der Waals surface area contributed by atoms with Gasteiger partial charge >= 0.3 is 0 Å². The van der Waals surface area contributed by atoms with Gasteiger partial charge in [0.15, 0.2) is 0 Å². The largest absolute Gasteiger partial charge is 0.497 e. The van der Waals surface area contributed by atoms with Crippen LogP contribution in [0.1, 0.15) is 35.7 Å². The van der Waals surface area contributed by atoms with Crippen LogP contribution >= 0.6 is 0 Å². The maximum absolute atomic E-state index is 13.0. The minimum absolute atomic E-state index is 0.0538. The molecule has 1 fully saturated rings. The first-order valence-corrected chi connectivity index (χ1v) is 12.1. The van der Waals surface area contributed by atoms with Crippen molar-refractivity contribution >= 4 is 22.6 Å². The molecular weight excluding hydrogens is 438 g/mol. The van der Waals surface area contributed by atoms with Crippen molar-refractivity contribution in [3.8, 4) is 11.5 Å². The van der Waals surface area contributed by atoms with Gasteiger partial charge in [-0.2, -0.15) is 0 Å². The number of nitrogens with zero attached hydrogens (tertiary/aromatic N) is 3. The third-order valence-corrected chi connectivity index (χ3v) is 6.67. The van der Waals surface area contributed by atoms with E-state index in [0.717, 1.165) is 52.6 Å². The topological polar surface area (TPSA) is 56.6 Å². The number of fused-ring (bicyclic) bond motifs is 1. The number of carbonyl (C=O) groups is 1. The lowest BCUT2D eigenvalue weighted by Gasteiger charge is -2.20. The first kappa shape index (κ1) is 23.0. The van der Waals surface area contributed by atoms with Crippen LogP contribution in [0.15, 0.2) is 66.7 Å². The van der Waals surface area contributed by atoms with Crippen LogP contribution in [0.2, 0.25) is 0 Å². The van der Waals surface area contributed by atoms with Crippen molar-refractivity contribution in [2.75, 3.05) is 25.2 Å². The van der Waals surface area contributed by atoms with Crippen molar-refractivity contribution in [1.29, 1.82) is 0 Å². The Morgan fingerprint density at radius 2 is 1.77 bits per heavy atom. The van der Waals surface area contributed by atoms with E-state index in [1.165, 1.54) is 5.56 Å². The second-order valence-corrected chi connectivity index (χ2v) is 9.18. The highest BCUT2D eigenvalue weighted by Crippen LogP contribution is 2.34. The first-order valence-electron chi connectivity index (χ1n) is 12.1. The van der Waals surface area contributed by atoms with E-state index in [1.54, 1.807) is 7.11 Å². The summed E-state index contributed by atoms with van der Waals surface area (Å²) in [6.07, 6.45) is 1.31. The lowest BCUT2D eigenvalue weighted by atomic mass is 10.1. The monoisotopic (exact) mass is 469 g/mol. The Morgan fingerprint density at radius 1 is 1.00 bits per heavy atom. The van der Waals surface area contributed by atoms with Crippen LogP contribution in [0.3, 0.4) is 0 Å². The zero-order valence-electron chi connectivity index (χ0n) is 20.5. The van der Waals surface area contributed by atoms with E-state index in [2.05, 4.69) is 42.7 Å². The average Bonchev–Trinajstić information content (AvgIpc) is 3.42. The van der Waals surface area contributed by atoms with Crippen molar-refractivity contribution in [1.82, 2.24) is 9.55 Å². The van der Waals surface area contributed by atoms with E-state index in [-0.39, 0.29) is 11.8 Å². The van der Waals surface area contributed by atoms with Crippen molar-refractivity contribution in [3.05, 3.63) is 83.7 Å². The SMILES string of the molecule is COc1ccc(OCCCn2c([C@@H]3CC(=O)N(c4ccc(C)cc4C)C3)nc3ccccc32)cc1. The third kappa shape index (κ3) is 4.74. The Bertz CT molecular complexity index is 1340. The summed E-state index contributed by atoms with van der Waals surface area (Å²) in [4.78, 5) is 20.0. The molecule has 1 aliphatic rings. The minimum Gasteiger partial charge on any atom is -0.497 e. The van der Waals surface area contributed by atoms with Gasteiger partial charge in [0.05, 0.1) is 24.8 Å². The van der Waals surface area contributed by atoms with E-state index in [1.807, 2.05) is 47.4 Å². The fourth-order valence-corrected chi connectivity index (χ4v) is 4.95. The molecule has 1 atom stereocenters. The van der Waals surface area contributed by atoms with Gasteiger partial charge in [-0.1, -0.05) is 29.8 Å². The molecule has 0 aliphatic carbocycles. The Hall–Kier alpha value is -3.80. The van der Waals surface area contributed by atoms with Crippen LogP contribution in [0.25, 0.3) is 11.0 Å². The number of imidazole rings is 1. The van der Waals surface area contributed by atoms with Crippen molar-refractivity contribution < 1.29 is 14.3 Å². The maximum Gasteiger partial charge on any atom is 0.227 e. The molecule has 0 bridgehead atoms. The second-order valence-electron chi connectivity index (χ2n) is 9.18. The highest BCUT2D eigenvalue weighted by molar-refractivity contribution is 5.97. The Kier molecular flexibility index (Phi) is 6.45. The summed E-state index contributed by atoms with van der Waals surface area (Å²) in [7, 11) is 1.65. The zero-order chi connectivity index (χ0) is 24.4. The normalized spacial score (nSPS) is 15.7. The highest BCUT2D eigenvalue weighted by Gasteiger charge is 2.35. The Morgan fingerprint density at radius 3 is 2.54 bits per heavy atom. The molecule has 4 aromatic rings. The van der Waals surface area contributed by atoms with Gasteiger partial charge in [0.2, 0.25) is 5.91 Å². The third-order valence-electron chi connectivity index (χ3n) is 6.67. The number of carbonyl (C=O) groups excluding carboxylic acids is 1.